The van der Waals surface area contributed by atoms with Gasteiger partial charge in [0.05, 0.1) is 5.01 Å². The van der Waals surface area contributed by atoms with Gasteiger partial charge in [-0.05, 0) is 25.6 Å². The van der Waals surface area contributed by atoms with Crippen molar-refractivity contribution in [3.05, 3.63) is 46.2 Å². The molecule has 0 saturated carbocycles. The highest BCUT2D eigenvalue weighted by molar-refractivity contribution is 7.99. The monoisotopic (exact) mass is 310 g/mol. The van der Waals surface area contributed by atoms with Gasteiger partial charge in [-0.1, -0.05) is 19.1 Å². The summed E-state index contributed by atoms with van der Waals surface area (Å²) in [4.78, 5) is 5.21. The van der Waals surface area contributed by atoms with Crippen molar-refractivity contribution in [3.8, 4) is 0 Å². The first kappa shape index (κ1) is 15.5. The van der Waals surface area contributed by atoms with Crippen LogP contribution in [-0.2, 0) is 6.42 Å². The zero-order chi connectivity index (χ0) is 14.4. The Kier molecular flexibility index (Phi) is 6.01. The van der Waals surface area contributed by atoms with Crippen LogP contribution in [0.2, 0.25) is 0 Å². The Hall–Kier alpha value is -0.910. The second kappa shape index (κ2) is 7.76. The maximum atomic E-state index is 13.6. The Morgan fingerprint density at radius 1 is 1.40 bits per heavy atom. The number of benzene rings is 1. The summed E-state index contributed by atoms with van der Waals surface area (Å²) < 4.78 is 13.6. The van der Waals surface area contributed by atoms with Crippen molar-refractivity contribution < 1.29 is 4.39 Å². The number of aromatic nitrogens is 1. The first-order valence-electron chi connectivity index (χ1n) is 6.70. The number of hydrogen-bond donors (Lipinski definition) is 1. The van der Waals surface area contributed by atoms with Crippen LogP contribution < -0.4 is 5.32 Å². The molecule has 1 N–H and O–H groups in total. The summed E-state index contributed by atoms with van der Waals surface area (Å²) in [7, 11) is 0. The van der Waals surface area contributed by atoms with Crippen LogP contribution in [0.3, 0.4) is 0 Å². The summed E-state index contributed by atoms with van der Waals surface area (Å²) in [5.41, 5.74) is 1.07. The fourth-order valence-corrected chi connectivity index (χ4v) is 3.79. The van der Waals surface area contributed by atoms with Gasteiger partial charge in [0.15, 0.2) is 0 Å². The second-order valence-electron chi connectivity index (χ2n) is 4.58. The Bertz CT molecular complexity index is 542. The molecule has 2 aromatic rings. The molecule has 108 valence electrons. The van der Waals surface area contributed by atoms with Crippen LogP contribution >= 0.6 is 23.1 Å². The standard InChI is InChI=1S/C15H19FN2S2/c1-3-17-12(8-15-18-11(2)9-20-15)10-19-14-7-5-4-6-13(14)16/h4-7,9,12,17H,3,8,10H2,1-2H3. The highest BCUT2D eigenvalue weighted by Crippen LogP contribution is 2.23. The van der Waals surface area contributed by atoms with E-state index in [1.807, 2.05) is 19.1 Å². The number of rotatable bonds is 7. The largest absolute Gasteiger partial charge is 0.313 e. The zero-order valence-corrected chi connectivity index (χ0v) is 13.4. The van der Waals surface area contributed by atoms with Gasteiger partial charge < -0.3 is 5.32 Å². The van der Waals surface area contributed by atoms with Crippen LogP contribution in [0.4, 0.5) is 4.39 Å². The quantitative estimate of drug-likeness (QED) is 0.785. The molecular weight excluding hydrogens is 291 g/mol. The van der Waals surface area contributed by atoms with Gasteiger partial charge in [-0.3, -0.25) is 0 Å². The number of aryl methyl sites for hydroxylation is 1. The molecule has 0 radical (unpaired) electrons. The van der Waals surface area contributed by atoms with E-state index in [9.17, 15) is 4.39 Å². The van der Waals surface area contributed by atoms with E-state index in [1.54, 1.807) is 29.2 Å². The molecule has 5 heteroatoms. The van der Waals surface area contributed by atoms with Gasteiger partial charge in [-0.2, -0.15) is 0 Å². The molecule has 1 aromatic heterocycles. The number of halogens is 1. The molecular formula is C15H19FN2S2. The molecule has 0 amide bonds. The average Bonchev–Trinajstić information content (AvgIpc) is 2.83. The van der Waals surface area contributed by atoms with E-state index in [-0.39, 0.29) is 5.82 Å². The number of thiazole rings is 1. The molecule has 1 unspecified atom stereocenters. The van der Waals surface area contributed by atoms with Gasteiger partial charge in [0.2, 0.25) is 0 Å². The van der Waals surface area contributed by atoms with Crippen LogP contribution in [0.1, 0.15) is 17.6 Å². The third-order valence-electron chi connectivity index (χ3n) is 2.86. The van der Waals surface area contributed by atoms with E-state index in [4.69, 9.17) is 0 Å². The summed E-state index contributed by atoms with van der Waals surface area (Å²) in [6.45, 7) is 5.01. The van der Waals surface area contributed by atoms with Crippen LogP contribution in [0.25, 0.3) is 0 Å². The van der Waals surface area contributed by atoms with Crippen molar-refractivity contribution in [2.24, 2.45) is 0 Å². The summed E-state index contributed by atoms with van der Waals surface area (Å²) >= 11 is 3.25. The lowest BCUT2D eigenvalue weighted by Gasteiger charge is -2.16. The average molecular weight is 310 g/mol. The van der Waals surface area contributed by atoms with E-state index < -0.39 is 0 Å². The van der Waals surface area contributed by atoms with Crippen molar-refractivity contribution in [2.45, 2.75) is 31.2 Å². The minimum atomic E-state index is -0.141. The molecule has 0 spiro atoms. The van der Waals surface area contributed by atoms with Crippen LogP contribution in [0, 0.1) is 12.7 Å². The van der Waals surface area contributed by atoms with Gasteiger partial charge >= 0.3 is 0 Å². The maximum absolute atomic E-state index is 13.6. The van der Waals surface area contributed by atoms with E-state index in [0.29, 0.717) is 10.9 Å². The fraction of sp³-hybridized carbons (Fsp3) is 0.400. The smallest absolute Gasteiger partial charge is 0.136 e. The third-order valence-corrected chi connectivity index (χ3v) is 5.06. The van der Waals surface area contributed by atoms with Crippen LogP contribution in [-0.4, -0.2) is 23.3 Å². The fourth-order valence-electron chi connectivity index (χ4n) is 1.94. The van der Waals surface area contributed by atoms with Gasteiger partial charge in [-0.15, -0.1) is 23.1 Å². The SMILES string of the molecule is CCNC(CSc1ccccc1F)Cc1nc(C)cs1. The molecule has 2 rings (SSSR count). The minimum absolute atomic E-state index is 0.141. The first-order chi connectivity index (χ1) is 9.69. The van der Waals surface area contributed by atoms with Gasteiger partial charge in [0, 0.05) is 34.2 Å². The Morgan fingerprint density at radius 2 is 2.20 bits per heavy atom. The molecule has 0 saturated heterocycles. The van der Waals surface area contributed by atoms with Crippen molar-refractivity contribution >= 4 is 23.1 Å². The Morgan fingerprint density at radius 3 is 2.85 bits per heavy atom. The van der Waals surface area contributed by atoms with Crippen molar-refractivity contribution in [3.63, 3.8) is 0 Å². The number of hydrogen-bond acceptors (Lipinski definition) is 4. The first-order valence-corrected chi connectivity index (χ1v) is 8.57. The Labute approximate surface area is 127 Å². The predicted molar refractivity (Wildman–Crippen MR) is 85.1 cm³/mol. The number of thioether (sulfide) groups is 1. The van der Waals surface area contributed by atoms with Crippen molar-refractivity contribution in [2.75, 3.05) is 12.3 Å². The predicted octanol–water partition coefficient (Wildman–Crippen LogP) is 3.90. The highest BCUT2D eigenvalue weighted by Gasteiger charge is 2.12. The normalized spacial score (nSPS) is 12.6. The molecule has 0 aliphatic heterocycles. The molecule has 0 aliphatic carbocycles. The molecule has 2 nitrogen and oxygen atoms in total. The van der Waals surface area contributed by atoms with E-state index in [1.165, 1.54) is 6.07 Å². The second-order valence-corrected chi connectivity index (χ2v) is 6.59. The lowest BCUT2D eigenvalue weighted by Crippen LogP contribution is -2.33. The van der Waals surface area contributed by atoms with Gasteiger partial charge in [0.1, 0.15) is 5.82 Å². The molecule has 1 atom stereocenters. The zero-order valence-electron chi connectivity index (χ0n) is 11.7. The van der Waals surface area contributed by atoms with E-state index >= 15 is 0 Å². The lowest BCUT2D eigenvalue weighted by atomic mass is 10.2. The van der Waals surface area contributed by atoms with Crippen LogP contribution in [0.15, 0.2) is 34.5 Å². The van der Waals surface area contributed by atoms with Crippen molar-refractivity contribution in [1.82, 2.24) is 10.3 Å². The molecule has 1 heterocycles. The summed E-state index contributed by atoms with van der Waals surface area (Å²) in [5, 5.41) is 6.67. The lowest BCUT2D eigenvalue weighted by molar-refractivity contribution is 0.569. The number of nitrogens with zero attached hydrogens (tertiary/aromatic N) is 1. The third kappa shape index (κ3) is 4.58. The van der Waals surface area contributed by atoms with Crippen molar-refractivity contribution in [1.29, 1.82) is 0 Å². The van der Waals surface area contributed by atoms with Gasteiger partial charge in [-0.25, -0.2) is 9.37 Å². The highest BCUT2D eigenvalue weighted by atomic mass is 32.2. The van der Waals surface area contributed by atoms with Crippen LogP contribution in [0.5, 0.6) is 0 Å². The number of likely N-dealkylation sites (N-methyl/N-ethyl adjacent to an activating group) is 1. The summed E-state index contributed by atoms with van der Waals surface area (Å²) in [6.07, 6.45) is 0.897. The molecule has 20 heavy (non-hydrogen) atoms. The molecule has 0 fully saturated rings. The summed E-state index contributed by atoms with van der Waals surface area (Å²) in [5.74, 6) is 0.700. The Balaban J connectivity index is 1.94. The summed E-state index contributed by atoms with van der Waals surface area (Å²) in [6, 6.07) is 7.25. The van der Waals surface area contributed by atoms with E-state index in [2.05, 4.69) is 22.6 Å². The molecule has 0 bridgehead atoms. The maximum Gasteiger partial charge on any atom is 0.136 e. The van der Waals surface area contributed by atoms with Gasteiger partial charge in [0.25, 0.3) is 0 Å². The topological polar surface area (TPSA) is 24.9 Å². The minimum Gasteiger partial charge on any atom is -0.313 e. The molecule has 1 aromatic carbocycles. The number of nitrogens with one attached hydrogen (secondary N) is 1. The molecule has 0 aliphatic rings. The van der Waals surface area contributed by atoms with E-state index in [0.717, 1.165) is 29.4 Å².